The van der Waals surface area contributed by atoms with Crippen LogP contribution in [-0.2, 0) is 9.53 Å². The second kappa shape index (κ2) is 9.55. The highest BCUT2D eigenvalue weighted by Gasteiger charge is 1.87. The molecule has 0 aromatic rings. The molecule has 0 radical (unpaired) electrons. The lowest BCUT2D eigenvalue weighted by Crippen LogP contribution is -2.19. The average molecular weight is 161 g/mol. The van der Waals surface area contributed by atoms with Crippen LogP contribution in [0.15, 0.2) is 0 Å². The number of aliphatic hydroxyl groups is 1. The third-order valence-corrected chi connectivity index (χ3v) is 1.11. The monoisotopic (exact) mass is 161 g/mol. The second-order valence-electron chi connectivity index (χ2n) is 2.06. The van der Waals surface area contributed by atoms with Gasteiger partial charge in [0.2, 0.25) is 0 Å². The highest BCUT2D eigenvalue weighted by atomic mass is 16.5. The van der Waals surface area contributed by atoms with E-state index in [2.05, 4.69) is 5.32 Å². The average Bonchev–Trinajstić information content (AvgIpc) is 2.03. The zero-order valence-corrected chi connectivity index (χ0v) is 6.58. The number of ether oxygens (including phenoxy) is 1. The van der Waals surface area contributed by atoms with Gasteiger partial charge in [0.15, 0.2) is 0 Å². The predicted octanol–water partition coefficient (Wildman–Crippen LogP) is -0.826. The summed E-state index contributed by atoms with van der Waals surface area (Å²) in [5.41, 5.74) is 0. The molecule has 0 aromatic heterocycles. The number of nitrogens with one attached hydrogen (secondary N) is 1. The fourth-order valence-corrected chi connectivity index (χ4v) is 0.627. The fraction of sp³-hybridized carbons (Fsp3) is 0.857. The molecule has 0 bridgehead atoms. The zero-order valence-electron chi connectivity index (χ0n) is 6.58. The normalized spacial score (nSPS) is 9.91. The van der Waals surface area contributed by atoms with Gasteiger partial charge in [-0.1, -0.05) is 0 Å². The summed E-state index contributed by atoms with van der Waals surface area (Å²) in [6.45, 7) is 2.28. The van der Waals surface area contributed by atoms with E-state index in [0.29, 0.717) is 19.8 Å². The minimum Gasteiger partial charge on any atom is -0.394 e. The van der Waals surface area contributed by atoms with E-state index in [4.69, 9.17) is 9.84 Å². The number of carbonyl (C=O) groups is 1. The topological polar surface area (TPSA) is 58.6 Å². The first-order valence-electron chi connectivity index (χ1n) is 3.74. The van der Waals surface area contributed by atoms with Crippen molar-refractivity contribution < 1.29 is 14.6 Å². The van der Waals surface area contributed by atoms with Gasteiger partial charge in [0.25, 0.3) is 0 Å². The molecule has 0 aliphatic heterocycles. The van der Waals surface area contributed by atoms with Gasteiger partial charge in [-0.3, -0.25) is 0 Å². The van der Waals surface area contributed by atoms with E-state index in [1.54, 1.807) is 0 Å². The Morgan fingerprint density at radius 2 is 2.27 bits per heavy atom. The Kier molecular flexibility index (Phi) is 9.16. The van der Waals surface area contributed by atoms with Gasteiger partial charge in [0.05, 0.1) is 19.8 Å². The zero-order chi connectivity index (χ0) is 8.36. The highest BCUT2D eigenvalue weighted by molar-refractivity contribution is 5.51. The number of rotatable bonds is 8. The Morgan fingerprint density at radius 3 is 2.91 bits per heavy atom. The number of aldehydes is 1. The van der Waals surface area contributed by atoms with E-state index in [-0.39, 0.29) is 6.61 Å². The fourth-order valence-electron chi connectivity index (χ4n) is 0.627. The molecule has 0 saturated heterocycles. The smallest absolute Gasteiger partial charge is 0.133 e. The molecule has 0 rings (SSSR count). The molecule has 4 nitrogen and oxygen atoms in total. The summed E-state index contributed by atoms with van der Waals surface area (Å²) in [6, 6.07) is 0. The van der Waals surface area contributed by atoms with E-state index >= 15 is 0 Å². The molecule has 0 spiro atoms. The van der Waals surface area contributed by atoms with Crippen molar-refractivity contribution in [3.8, 4) is 0 Å². The number of hydrogen-bond acceptors (Lipinski definition) is 4. The Morgan fingerprint density at radius 1 is 1.45 bits per heavy atom. The van der Waals surface area contributed by atoms with Crippen molar-refractivity contribution in [1.29, 1.82) is 0 Å². The van der Waals surface area contributed by atoms with Gasteiger partial charge in [-0.15, -0.1) is 0 Å². The Labute approximate surface area is 66.5 Å². The van der Waals surface area contributed by atoms with Crippen LogP contribution in [0.3, 0.4) is 0 Å². The Bertz CT molecular complexity index is 87.8. The lowest BCUT2D eigenvalue weighted by molar-refractivity contribution is -0.107. The summed E-state index contributed by atoms with van der Waals surface area (Å²) in [6.07, 6.45) is 1.70. The maximum absolute atomic E-state index is 9.81. The number of carbonyl (C=O) groups excluding carboxylic acids is 1. The Hall–Kier alpha value is -0.450. The maximum Gasteiger partial charge on any atom is 0.133 e. The molecule has 0 unspecified atom stereocenters. The molecule has 0 aromatic carbocycles. The predicted molar refractivity (Wildman–Crippen MR) is 41.5 cm³/mol. The molecule has 0 fully saturated rings. The van der Waals surface area contributed by atoms with Crippen LogP contribution in [0.4, 0.5) is 0 Å². The van der Waals surface area contributed by atoms with E-state index in [0.717, 1.165) is 19.3 Å². The van der Waals surface area contributed by atoms with Crippen LogP contribution in [0.1, 0.15) is 6.42 Å². The number of hydrogen-bond donors (Lipinski definition) is 2. The minimum absolute atomic E-state index is 0.0712. The second-order valence-corrected chi connectivity index (χ2v) is 2.06. The van der Waals surface area contributed by atoms with Crippen molar-refractivity contribution in [2.75, 3.05) is 32.9 Å². The largest absolute Gasteiger partial charge is 0.394 e. The number of aliphatic hydroxyl groups excluding tert-OH is 1. The first-order chi connectivity index (χ1) is 5.41. The summed E-state index contributed by atoms with van der Waals surface area (Å²) in [7, 11) is 0. The molecule has 66 valence electrons. The summed E-state index contributed by atoms with van der Waals surface area (Å²) in [5.74, 6) is 0. The van der Waals surface area contributed by atoms with Crippen LogP contribution in [0, 0.1) is 0 Å². The van der Waals surface area contributed by atoms with E-state index in [1.807, 2.05) is 0 Å². The van der Waals surface area contributed by atoms with Crippen molar-refractivity contribution in [3.63, 3.8) is 0 Å². The van der Waals surface area contributed by atoms with Gasteiger partial charge < -0.3 is 20.0 Å². The maximum atomic E-state index is 9.81. The molecule has 0 aliphatic rings. The van der Waals surface area contributed by atoms with E-state index in [1.165, 1.54) is 0 Å². The van der Waals surface area contributed by atoms with Crippen LogP contribution in [0.2, 0.25) is 0 Å². The van der Waals surface area contributed by atoms with Gasteiger partial charge in [-0.25, -0.2) is 0 Å². The quantitative estimate of drug-likeness (QED) is 0.360. The molecule has 2 N–H and O–H groups in total. The third kappa shape index (κ3) is 9.55. The third-order valence-electron chi connectivity index (χ3n) is 1.11. The molecule has 11 heavy (non-hydrogen) atoms. The Balaban J connectivity index is 2.74. The van der Waals surface area contributed by atoms with Gasteiger partial charge in [0, 0.05) is 6.61 Å². The molecular formula is C7H15NO3. The first kappa shape index (κ1) is 10.6. The van der Waals surface area contributed by atoms with Crippen LogP contribution in [0.25, 0.3) is 0 Å². The molecule has 0 heterocycles. The first-order valence-corrected chi connectivity index (χ1v) is 3.74. The lowest BCUT2D eigenvalue weighted by atomic mass is 10.4. The summed E-state index contributed by atoms with van der Waals surface area (Å²) < 4.78 is 4.98. The molecule has 0 amide bonds. The molecular weight excluding hydrogens is 146 g/mol. The minimum atomic E-state index is 0.0712. The summed E-state index contributed by atoms with van der Waals surface area (Å²) >= 11 is 0. The molecule has 4 heteroatoms. The highest BCUT2D eigenvalue weighted by Crippen LogP contribution is 1.79. The molecule has 0 saturated carbocycles. The van der Waals surface area contributed by atoms with Crippen molar-refractivity contribution in [2.24, 2.45) is 0 Å². The molecule has 0 atom stereocenters. The van der Waals surface area contributed by atoms with Crippen LogP contribution in [-0.4, -0.2) is 44.3 Å². The SMILES string of the molecule is O=CCNCCCOCCO. The van der Waals surface area contributed by atoms with E-state index in [9.17, 15) is 4.79 Å². The standard InChI is InChI=1S/C7H15NO3/c9-4-3-8-2-1-6-11-7-5-10/h4,8,10H,1-3,5-7H2. The van der Waals surface area contributed by atoms with Crippen molar-refractivity contribution in [1.82, 2.24) is 5.32 Å². The van der Waals surface area contributed by atoms with Crippen LogP contribution < -0.4 is 5.32 Å². The van der Waals surface area contributed by atoms with Gasteiger partial charge in [0.1, 0.15) is 6.29 Å². The van der Waals surface area contributed by atoms with Crippen LogP contribution >= 0.6 is 0 Å². The van der Waals surface area contributed by atoms with Gasteiger partial charge in [-0.05, 0) is 13.0 Å². The van der Waals surface area contributed by atoms with Gasteiger partial charge in [-0.2, -0.15) is 0 Å². The van der Waals surface area contributed by atoms with Crippen molar-refractivity contribution >= 4 is 6.29 Å². The summed E-state index contributed by atoms with van der Waals surface area (Å²) in [4.78, 5) is 9.81. The van der Waals surface area contributed by atoms with Crippen molar-refractivity contribution in [3.05, 3.63) is 0 Å². The summed E-state index contributed by atoms with van der Waals surface area (Å²) in [5, 5.41) is 11.2. The van der Waals surface area contributed by atoms with Gasteiger partial charge >= 0.3 is 0 Å². The van der Waals surface area contributed by atoms with E-state index < -0.39 is 0 Å². The van der Waals surface area contributed by atoms with Crippen LogP contribution in [0.5, 0.6) is 0 Å². The van der Waals surface area contributed by atoms with Crippen molar-refractivity contribution in [2.45, 2.75) is 6.42 Å². The molecule has 0 aliphatic carbocycles. The lowest BCUT2D eigenvalue weighted by Gasteiger charge is -2.01.